The Balaban J connectivity index is 1.58. The number of rotatable bonds is 4. The molecule has 1 aromatic rings. The summed E-state index contributed by atoms with van der Waals surface area (Å²) < 4.78 is 16.9. The van der Waals surface area contributed by atoms with Gasteiger partial charge in [0.15, 0.2) is 0 Å². The van der Waals surface area contributed by atoms with Crippen molar-refractivity contribution in [2.24, 2.45) is 0 Å². The molecule has 0 amide bonds. The molecule has 0 aliphatic carbocycles. The molecule has 20 heavy (non-hydrogen) atoms. The van der Waals surface area contributed by atoms with Crippen molar-refractivity contribution in [1.82, 2.24) is 5.32 Å². The maximum absolute atomic E-state index is 8.90. The Morgan fingerprint density at radius 3 is 3.00 bits per heavy atom. The number of hydrogen-bond donors (Lipinski definition) is 1. The smallest absolute Gasteiger partial charge is 0.114 e. The van der Waals surface area contributed by atoms with Crippen LogP contribution in [0.15, 0.2) is 24.3 Å². The summed E-state index contributed by atoms with van der Waals surface area (Å²) in [6.45, 7) is 1.93. The highest BCUT2D eigenvalue weighted by Gasteiger charge is 2.47. The predicted molar refractivity (Wildman–Crippen MR) is 72.1 cm³/mol. The van der Waals surface area contributed by atoms with E-state index in [1.165, 1.54) is 0 Å². The zero-order chi connectivity index (χ0) is 13.9. The Kier molecular flexibility index (Phi) is 3.99. The number of fused-ring (bicyclic) bond motifs is 1. The highest BCUT2D eigenvalue weighted by molar-refractivity contribution is 5.32. The van der Waals surface area contributed by atoms with Gasteiger partial charge in [-0.15, -0.1) is 0 Å². The maximum atomic E-state index is 8.90. The molecule has 0 spiro atoms. The van der Waals surface area contributed by atoms with E-state index in [0.717, 1.165) is 5.56 Å². The van der Waals surface area contributed by atoms with Crippen LogP contribution in [0, 0.1) is 11.3 Å². The lowest BCUT2D eigenvalue weighted by molar-refractivity contribution is -0.00824. The van der Waals surface area contributed by atoms with Gasteiger partial charge >= 0.3 is 0 Å². The Bertz CT molecular complexity index is 514. The highest BCUT2D eigenvalue weighted by atomic mass is 16.6. The Morgan fingerprint density at radius 1 is 1.35 bits per heavy atom. The van der Waals surface area contributed by atoms with Crippen molar-refractivity contribution in [1.29, 1.82) is 5.26 Å². The average Bonchev–Trinajstić information content (AvgIpc) is 3.07. The fourth-order valence-electron chi connectivity index (χ4n) is 2.84. The SMILES string of the molecule is CO[C@H]1CO[C@@H]2[C@@H]1OC[C@@H]2NCc1cccc(C#N)c1. The summed E-state index contributed by atoms with van der Waals surface area (Å²) >= 11 is 0. The zero-order valence-electron chi connectivity index (χ0n) is 11.4. The summed E-state index contributed by atoms with van der Waals surface area (Å²) in [4.78, 5) is 0. The molecule has 0 aromatic heterocycles. The molecular formula is C15H18N2O3. The van der Waals surface area contributed by atoms with Crippen molar-refractivity contribution in [3.8, 4) is 6.07 Å². The van der Waals surface area contributed by atoms with Crippen LogP contribution >= 0.6 is 0 Å². The summed E-state index contributed by atoms with van der Waals surface area (Å²) in [7, 11) is 1.69. The zero-order valence-corrected chi connectivity index (χ0v) is 11.4. The first kappa shape index (κ1) is 13.5. The third-order valence-corrected chi connectivity index (χ3v) is 3.94. The van der Waals surface area contributed by atoms with Crippen LogP contribution in [-0.4, -0.2) is 44.7 Å². The van der Waals surface area contributed by atoms with Gasteiger partial charge in [-0.1, -0.05) is 12.1 Å². The van der Waals surface area contributed by atoms with E-state index in [-0.39, 0.29) is 24.4 Å². The maximum Gasteiger partial charge on any atom is 0.114 e. The fraction of sp³-hybridized carbons (Fsp3) is 0.533. The summed E-state index contributed by atoms with van der Waals surface area (Å²) in [5.41, 5.74) is 1.77. The first-order valence-corrected chi connectivity index (χ1v) is 6.80. The third-order valence-electron chi connectivity index (χ3n) is 3.94. The first-order valence-electron chi connectivity index (χ1n) is 6.80. The average molecular weight is 274 g/mol. The number of benzene rings is 1. The lowest BCUT2D eigenvalue weighted by Crippen LogP contribution is -2.40. The largest absolute Gasteiger partial charge is 0.376 e. The van der Waals surface area contributed by atoms with Crippen LogP contribution < -0.4 is 5.32 Å². The lowest BCUT2D eigenvalue weighted by atomic mass is 10.1. The van der Waals surface area contributed by atoms with Crippen molar-refractivity contribution in [2.45, 2.75) is 30.9 Å². The van der Waals surface area contributed by atoms with Crippen molar-refractivity contribution in [2.75, 3.05) is 20.3 Å². The van der Waals surface area contributed by atoms with Crippen LogP contribution in [0.2, 0.25) is 0 Å². The van der Waals surface area contributed by atoms with Gasteiger partial charge in [-0.05, 0) is 17.7 Å². The molecule has 2 aliphatic rings. The molecule has 2 heterocycles. The third kappa shape index (κ3) is 2.56. The van der Waals surface area contributed by atoms with E-state index in [2.05, 4.69) is 11.4 Å². The predicted octanol–water partition coefficient (Wildman–Crippen LogP) is 0.829. The quantitative estimate of drug-likeness (QED) is 0.881. The molecule has 0 radical (unpaired) electrons. The Labute approximate surface area is 118 Å². The molecule has 5 nitrogen and oxygen atoms in total. The molecule has 1 aromatic carbocycles. The molecule has 0 unspecified atom stereocenters. The molecule has 2 aliphatic heterocycles. The van der Waals surface area contributed by atoms with Crippen LogP contribution in [0.3, 0.4) is 0 Å². The number of methoxy groups -OCH3 is 1. The van der Waals surface area contributed by atoms with Gasteiger partial charge in [0.2, 0.25) is 0 Å². The minimum atomic E-state index is 0.0305. The topological polar surface area (TPSA) is 63.5 Å². The van der Waals surface area contributed by atoms with Gasteiger partial charge in [0.1, 0.15) is 18.3 Å². The van der Waals surface area contributed by atoms with E-state index in [4.69, 9.17) is 19.5 Å². The molecule has 1 N–H and O–H groups in total. The van der Waals surface area contributed by atoms with Crippen molar-refractivity contribution in [3.63, 3.8) is 0 Å². The number of nitrogens with one attached hydrogen (secondary N) is 1. The van der Waals surface area contributed by atoms with Crippen LogP contribution in [0.25, 0.3) is 0 Å². The second-order valence-electron chi connectivity index (χ2n) is 5.17. The second kappa shape index (κ2) is 5.90. The molecule has 106 valence electrons. The number of nitrogens with zero attached hydrogens (tertiary/aromatic N) is 1. The highest BCUT2D eigenvalue weighted by Crippen LogP contribution is 2.28. The molecule has 0 saturated carbocycles. The van der Waals surface area contributed by atoms with Crippen molar-refractivity contribution in [3.05, 3.63) is 35.4 Å². The number of ether oxygens (including phenoxy) is 3. The number of nitriles is 1. The van der Waals surface area contributed by atoms with Gasteiger partial charge in [-0.2, -0.15) is 5.26 Å². The molecule has 3 rings (SSSR count). The van der Waals surface area contributed by atoms with Gasteiger partial charge in [-0.3, -0.25) is 0 Å². The minimum Gasteiger partial charge on any atom is -0.376 e. The van der Waals surface area contributed by atoms with E-state index in [1.54, 1.807) is 7.11 Å². The minimum absolute atomic E-state index is 0.0305. The number of hydrogen-bond acceptors (Lipinski definition) is 5. The van der Waals surface area contributed by atoms with Crippen LogP contribution in [0.4, 0.5) is 0 Å². The summed E-state index contributed by atoms with van der Waals surface area (Å²) in [5, 5.41) is 12.3. The molecule has 4 atom stereocenters. The van der Waals surface area contributed by atoms with Crippen molar-refractivity contribution < 1.29 is 14.2 Å². The lowest BCUT2D eigenvalue weighted by Gasteiger charge is -2.17. The van der Waals surface area contributed by atoms with Crippen LogP contribution in [0.1, 0.15) is 11.1 Å². The Morgan fingerprint density at radius 2 is 2.20 bits per heavy atom. The van der Waals surface area contributed by atoms with E-state index in [1.807, 2.05) is 24.3 Å². The first-order chi connectivity index (χ1) is 9.81. The van der Waals surface area contributed by atoms with Gasteiger partial charge in [0, 0.05) is 13.7 Å². The monoisotopic (exact) mass is 274 g/mol. The van der Waals surface area contributed by atoms with E-state index in [0.29, 0.717) is 25.3 Å². The van der Waals surface area contributed by atoms with E-state index >= 15 is 0 Å². The van der Waals surface area contributed by atoms with E-state index in [9.17, 15) is 0 Å². The molecular weight excluding hydrogens is 256 g/mol. The van der Waals surface area contributed by atoms with Crippen LogP contribution in [0.5, 0.6) is 0 Å². The molecule has 2 saturated heterocycles. The summed E-state index contributed by atoms with van der Waals surface area (Å²) in [6.07, 6.45) is 0.121. The van der Waals surface area contributed by atoms with Gasteiger partial charge in [0.05, 0.1) is 30.9 Å². The summed E-state index contributed by atoms with van der Waals surface area (Å²) in [5.74, 6) is 0. The molecule has 0 bridgehead atoms. The summed E-state index contributed by atoms with van der Waals surface area (Å²) in [6, 6.07) is 9.94. The van der Waals surface area contributed by atoms with Crippen molar-refractivity contribution >= 4 is 0 Å². The van der Waals surface area contributed by atoms with Gasteiger partial charge in [-0.25, -0.2) is 0 Å². The standard InChI is InChI=1S/C15H18N2O3/c1-18-13-9-20-14-12(8-19-15(13)14)17-7-11-4-2-3-10(5-11)6-16/h2-5,12-15,17H,7-9H2,1H3/t12-,13-,14-,15+/m0/s1. The normalized spacial score (nSPS) is 32.0. The Hall–Kier alpha value is -1.45. The van der Waals surface area contributed by atoms with Gasteiger partial charge < -0.3 is 19.5 Å². The molecule has 5 heteroatoms. The van der Waals surface area contributed by atoms with E-state index < -0.39 is 0 Å². The second-order valence-corrected chi connectivity index (χ2v) is 5.17. The van der Waals surface area contributed by atoms with Gasteiger partial charge in [0.25, 0.3) is 0 Å². The molecule has 2 fully saturated rings. The fourth-order valence-corrected chi connectivity index (χ4v) is 2.84. The van der Waals surface area contributed by atoms with Crippen LogP contribution in [-0.2, 0) is 20.8 Å².